The predicted octanol–water partition coefficient (Wildman–Crippen LogP) is 5.19. The molecule has 1 aliphatic heterocycles. The first kappa shape index (κ1) is 19.2. The first-order valence-electron chi connectivity index (χ1n) is 11.0. The molecule has 1 amide bonds. The number of aromatic nitrogens is 1. The number of fused-ring (bicyclic) bond motifs is 1. The molecule has 2 aliphatic rings. The molecule has 150 valence electrons. The minimum atomic E-state index is 0.144. The van der Waals surface area contributed by atoms with Crippen LogP contribution in [-0.2, 0) is 11.3 Å². The van der Waals surface area contributed by atoms with E-state index in [1.807, 2.05) is 35.0 Å². The Labute approximate surface area is 167 Å². The van der Waals surface area contributed by atoms with Gasteiger partial charge in [0, 0.05) is 40.7 Å². The van der Waals surface area contributed by atoms with Crippen LogP contribution in [0.2, 0.25) is 0 Å². The molecule has 1 aliphatic carbocycles. The highest BCUT2D eigenvalue weighted by Gasteiger charge is 2.30. The van der Waals surface area contributed by atoms with Crippen LogP contribution in [0.15, 0.2) is 30.5 Å². The van der Waals surface area contributed by atoms with Gasteiger partial charge >= 0.3 is 0 Å². The van der Waals surface area contributed by atoms with Crippen LogP contribution in [0, 0.1) is 5.92 Å². The van der Waals surface area contributed by atoms with Gasteiger partial charge in [0.1, 0.15) is 6.54 Å². The van der Waals surface area contributed by atoms with E-state index in [4.69, 9.17) is 0 Å². The van der Waals surface area contributed by atoms with Crippen LogP contribution in [0.4, 0.5) is 0 Å². The summed E-state index contributed by atoms with van der Waals surface area (Å²) in [5, 5.41) is 0.991. The van der Waals surface area contributed by atoms with E-state index >= 15 is 0 Å². The van der Waals surface area contributed by atoms with Crippen molar-refractivity contribution in [2.45, 2.75) is 83.8 Å². The summed E-state index contributed by atoms with van der Waals surface area (Å²) < 4.78 is 2.00. The number of ketones is 1. The summed E-state index contributed by atoms with van der Waals surface area (Å²) in [6.07, 6.45) is 10.8. The molecule has 0 N–H and O–H groups in total. The molecule has 0 spiro atoms. The molecule has 2 atom stereocenters. The van der Waals surface area contributed by atoms with Crippen molar-refractivity contribution in [1.29, 1.82) is 0 Å². The van der Waals surface area contributed by atoms with Gasteiger partial charge in [0.25, 0.3) is 0 Å². The van der Waals surface area contributed by atoms with E-state index < -0.39 is 0 Å². The SMILES string of the molecule is CC1CCCC(C)N1C(=O)Cn1cc(C(=O)C2CCCCC2)c2ccccc21. The maximum Gasteiger partial charge on any atom is 0.242 e. The van der Waals surface area contributed by atoms with E-state index in [1.54, 1.807) is 0 Å². The van der Waals surface area contributed by atoms with Gasteiger partial charge in [-0.05, 0) is 52.0 Å². The molecular weight excluding hydrogens is 348 g/mol. The highest BCUT2D eigenvalue weighted by molar-refractivity contribution is 6.09. The van der Waals surface area contributed by atoms with E-state index in [-0.39, 0.29) is 17.6 Å². The number of hydrogen-bond acceptors (Lipinski definition) is 2. The third kappa shape index (κ3) is 3.61. The minimum Gasteiger partial charge on any atom is -0.337 e. The van der Waals surface area contributed by atoms with Crippen LogP contribution in [-0.4, -0.2) is 33.2 Å². The fourth-order valence-corrected chi connectivity index (χ4v) is 5.30. The van der Waals surface area contributed by atoms with Crippen molar-refractivity contribution < 1.29 is 9.59 Å². The quantitative estimate of drug-likeness (QED) is 0.685. The summed E-state index contributed by atoms with van der Waals surface area (Å²) in [7, 11) is 0. The number of benzene rings is 1. The molecule has 2 aromatic rings. The second kappa shape index (κ2) is 8.10. The Hall–Kier alpha value is -2.10. The monoisotopic (exact) mass is 380 g/mol. The number of nitrogens with zero attached hydrogens (tertiary/aromatic N) is 2. The molecular formula is C24H32N2O2. The van der Waals surface area contributed by atoms with Crippen molar-refractivity contribution in [2.24, 2.45) is 5.92 Å². The van der Waals surface area contributed by atoms with Gasteiger partial charge in [-0.25, -0.2) is 0 Å². The zero-order valence-electron chi connectivity index (χ0n) is 17.2. The molecule has 4 heteroatoms. The molecule has 1 saturated carbocycles. The Kier molecular flexibility index (Phi) is 5.56. The summed E-state index contributed by atoms with van der Waals surface area (Å²) in [6, 6.07) is 8.62. The Morgan fingerprint density at radius 2 is 1.61 bits per heavy atom. The zero-order valence-corrected chi connectivity index (χ0v) is 17.2. The molecule has 1 saturated heterocycles. The topological polar surface area (TPSA) is 42.3 Å². The standard InChI is InChI=1S/C24H32N2O2/c1-17-9-8-10-18(2)26(17)23(27)16-25-15-21(20-13-6-7-14-22(20)25)24(28)19-11-4-3-5-12-19/h6-7,13-15,17-19H,3-5,8-12,16H2,1-2H3. The third-order valence-electron chi connectivity index (χ3n) is 6.82. The van der Waals surface area contributed by atoms with Crippen molar-refractivity contribution >= 4 is 22.6 Å². The van der Waals surface area contributed by atoms with Crippen LogP contribution in [0.3, 0.4) is 0 Å². The maximum atomic E-state index is 13.2. The molecule has 2 fully saturated rings. The molecule has 4 nitrogen and oxygen atoms in total. The van der Waals surface area contributed by atoms with Crippen molar-refractivity contribution in [2.75, 3.05) is 0 Å². The van der Waals surface area contributed by atoms with Crippen LogP contribution in [0.25, 0.3) is 10.9 Å². The van der Waals surface area contributed by atoms with Crippen LogP contribution in [0.5, 0.6) is 0 Å². The summed E-state index contributed by atoms with van der Waals surface area (Å²) >= 11 is 0. The number of para-hydroxylation sites is 1. The molecule has 28 heavy (non-hydrogen) atoms. The van der Waals surface area contributed by atoms with Gasteiger partial charge < -0.3 is 9.47 Å². The molecule has 0 bridgehead atoms. The average Bonchev–Trinajstić information content (AvgIpc) is 3.06. The first-order chi connectivity index (χ1) is 13.6. The number of Topliss-reactive ketones (excluding diaryl/α,β-unsaturated/α-hetero) is 1. The Balaban J connectivity index is 1.62. The van der Waals surface area contributed by atoms with Crippen molar-refractivity contribution in [3.05, 3.63) is 36.0 Å². The highest BCUT2D eigenvalue weighted by atomic mass is 16.2. The van der Waals surface area contributed by atoms with Gasteiger partial charge in [0.2, 0.25) is 5.91 Å². The van der Waals surface area contributed by atoms with E-state index in [0.717, 1.165) is 55.0 Å². The maximum absolute atomic E-state index is 13.2. The number of hydrogen-bond donors (Lipinski definition) is 0. The molecule has 1 aromatic heterocycles. The lowest BCUT2D eigenvalue weighted by Gasteiger charge is -2.39. The summed E-state index contributed by atoms with van der Waals surface area (Å²) in [6.45, 7) is 4.62. The lowest BCUT2D eigenvalue weighted by Crippen LogP contribution is -2.48. The minimum absolute atomic E-state index is 0.144. The zero-order chi connectivity index (χ0) is 19.7. The third-order valence-corrected chi connectivity index (χ3v) is 6.82. The summed E-state index contributed by atoms with van der Waals surface area (Å²) in [4.78, 5) is 28.4. The molecule has 2 heterocycles. The molecule has 4 rings (SSSR count). The van der Waals surface area contributed by atoms with Crippen molar-refractivity contribution in [3.63, 3.8) is 0 Å². The number of likely N-dealkylation sites (tertiary alicyclic amines) is 1. The number of carbonyl (C=O) groups excluding carboxylic acids is 2. The Morgan fingerprint density at radius 3 is 2.32 bits per heavy atom. The van der Waals surface area contributed by atoms with E-state index in [0.29, 0.717) is 18.6 Å². The van der Waals surface area contributed by atoms with Crippen molar-refractivity contribution in [3.8, 4) is 0 Å². The summed E-state index contributed by atoms with van der Waals surface area (Å²) in [5.41, 5.74) is 1.79. The number of amides is 1. The number of carbonyl (C=O) groups is 2. The number of piperidine rings is 1. The van der Waals surface area contributed by atoms with Crippen molar-refractivity contribution in [1.82, 2.24) is 9.47 Å². The highest BCUT2D eigenvalue weighted by Crippen LogP contribution is 2.31. The largest absolute Gasteiger partial charge is 0.337 e. The van der Waals surface area contributed by atoms with Gasteiger partial charge in [0.15, 0.2) is 5.78 Å². The Bertz CT molecular complexity index is 853. The number of rotatable bonds is 4. The fourth-order valence-electron chi connectivity index (χ4n) is 5.30. The van der Waals surface area contributed by atoms with Crippen LogP contribution >= 0.6 is 0 Å². The van der Waals surface area contributed by atoms with E-state index in [1.165, 1.54) is 12.8 Å². The first-order valence-corrected chi connectivity index (χ1v) is 11.0. The van der Waals surface area contributed by atoms with Gasteiger partial charge in [-0.1, -0.05) is 37.5 Å². The summed E-state index contributed by atoms with van der Waals surface area (Å²) in [5.74, 6) is 0.574. The van der Waals surface area contributed by atoms with E-state index in [9.17, 15) is 9.59 Å². The smallest absolute Gasteiger partial charge is 0.242 e. The van der Waals surface area contributed by atoms with Crippen LogP contribution in [0.1, 0.15) is 75.6 Å². The second-order valence-electron chi connectivity index (χ2n) is 8.82. The normalized spacial score (nSPS) is 23.9. The van der Waals surface area contributed by atoms with E-state index in [2.05, 4.69) is 18.7 Å². The fraction of sp³-hybridized carbons (Fsp3) is 0.583. The molecule has 2 unspecified atom stereocenters. The van der Waals surface area contributed by atoms with Gasteiger partial charge in [0.05, 0.1) is 0 Å². The Morgan fingerprint density at radius 1 is 0.929 bits per heavy atom. The van der Waals surface area contributed by atoms with Gasteiger partial charge in [-0.15, -0.1) is 0 Å². The molecule has 0 radical (unpaired) electrons. The average molecular weight is 381 g/mol. The lowest BCUT2D eigenvalue weighted by molar-refractivity contribution is -0.137. The van der Waals surface area contributed by atoms with Gasteiger partial charge in [-0.2, -0.15) is 0 Å². The predicted molar refractivity (Wildman–Crippen MR) is 112 cm³/mol. The molecule has 1 aromatic carbocycles. The van der Waals surface area contributed by atoms with Gasteiger partial charge in [-0.3, -0.25) is 9.59 Å². The van der Waals surface area contributed by atoms with Crippen LogP contribution < -0.4 is 0 Å². The second-order valence-corrected chi connectivity index (χ2v) is 8.82. The lowest BCUT2D eigenvalue weighted by atomic mass is 9.84.